The molecule has 0 radical (unpaired) electrons. The standard InChI is InChI=1S/C25H24N2S.2ClH/c1-19-11-14-21(15-12-19)28-25-10-6-3-7-20(25)13-16-23-22-8-4-5-9-24(22)27(2)18-17-26-23;;/h3-16H,17-18H2,1-2H3;2*1H. The normalized spacial score (nSPS) is 13.0. The number of aryl methyl sites for hydroxylation is 1. The smallest absolute Gasteiger partial charge is 0.0668 e. The van der Waals surface area contributed by atoms with Crippen LogP contribution in [0.3, 0.4) is 0 Å². The van der Waals surface area contributed by atoms with Gasteiger partial charge in [0, 0.05) is 34.6 Å². The van der Waals surface area contributed by atoms with E-state index in [9.17, 15) is 0 Å². The van der Waals surface area contributed by atoms with Gasteiger partial charge in [-0.2, -0.15) is 0 Å². The summed E-state index contributed by atoms with van der Waals surface area (Å²) in [5.74, 6) is 0. The van der Waals surface area contributed by atoms with Gasteiger partial charge in [-0.3, -0.25) is 4.99 Å². The summed E-state index contributed by atoms with van der Waals surface area (Å²) in [6.07, 6.45) is 4.35. The first-order chi connectivity index (χ1) is 13.7. The van der Waals surface area contributed by atoms with Crippen molar-refractivity contribution in [1.29, 1.82) is 0 Å². The van der Waals surface area contributed by atoms with Gasteiger partial charge in [0.25, 0.3) is 0 Å². The molecule has 0 saturated carbocycles. The lowest BCUT2D eigenvalue weighted by Crippen LogP contribution is -2.20. The molecule has 2 nitrogen and oxygen atoms in total. The van der Waals surface area contributed by atoms with Crippen molar-refractivity contribution >= 4 is 54.1 Å². The third kappa shape index (κ3) is 5.69. The van der Waals surface area contributed by atoms with Crippen molar-refractivity contribution in [1.82, 2.24) is 0 Å². The number of halogens is 2. The average Bonchev–Trinajstić information content (AvgIpc) is 2.88. The maximum Gasteiger partial charge on any atom is 0.0668 e. The van der Waals surface area contributed by atoms with Crippen LogP contribution in [-0.2, 0) is 0 Å². The number of aliphatic imine (C=N–C) groups is 1. The molecule has 0 fully saturated rings. The molecule has 0 aliphatic carbocycles. The highest BCUT2D eigenvalue weighted by Crippen LogP contribution is 2.31. The van der Waals surface area contributed by atoms with Crippen molar-refractivity contribution in [3.63, 3.8) is 0 Å². The van der Waals surface area contributed by atoms with Crippen molar-refractivity contribution in [2.75, 3.05) is 25.0 Å². The van der Waals surface area contributed by atoms with Crippen molar-refractivity contribution in [2.45, 2.75) is 16.7 Å². The lowest BCUT2D eigenvalue weighted by atomic mass is 10.1. The number of para-hydroxylation sites is 1. The zero-order valence-electron chi connectivity index (χ0n) is 17.1. The number of likely N-dealkylation sites (N-methyl/N-ethyl adjacent to an activating group) is 1. The van der Waals surface area contributed by atoms with E-state index in [2.05, 4.69) is 104 Å². The predicted molar refractivity (Wildman–Crippen MR) is 136 cm³/mol. The van der Waals surface area contributed by atoms with E-state index in [1.165, 1.54) is 32.2 Å². The molecule has 4 rings (SSSR count). The number of rotatable bonds is 4. The van der Waals surface area contributed by atoms with E-state index in [4.69, 9.17) is 4.99 Å². The number of nitrogens with zero attached hydrogens (tertiary/aromatic N) is 2. The van der Waals surface area contributed by atoms with Crippen LogP contribution in [0.4, 0.5) is 5.69 Å². The van der Waals surface area contributed by atoms with E-state index in [1.54, 1.807) is 11.8 Å². The molecule has 1 heterocycles. The maximum atomic E-state index is 4.83. The molecule has 0 spiro atoms. The Bertz CT molecular complexity index is 1030. The van der Waals surface area contributed by atoms with Gasteiger partial charge in [-0.25, -0.2) is 0 Å². The molecule has 3 aromatic rings. The third-order valence-corrected chi connectivity index (χ3v) is 6.00. The summed E-state index contributed by atoms with van der Waals surface area (Å²) in [6.45, 7) is 3.87. The van der Waals surface area contributed by atoms with Crippen molar-refractivity contribution < 1.29 is 0 Å². The van der Waals surface area contributed by atoms with Gasteiger partial charge in [0.15, 0.2) is 0 Å². The molecule has 0 atom stereocenters. The molecule has 0 aromatic heterocycles. The zero-order valence-corrected chi connectivity index (χ0v) is 19.6. The Morgan fingerprint density at radius 3 is 2.37 bits per heavy atom. The molecule has 0 N–H and O–H groups in total. The molecule has 1 aliphatic rings. The van der Waals surface area contributed by atoms with Crippen molar-refractivity contribution in [2.24, 2.45) is 4.99 Å². The molecule has 0 amide bonds. The quantitative estimate of drug-likeness (QED) is 0.422. The van der Waals surface area contributed by atoms with E-state index in [0.29, 0.717) is 0 Å². The molecular formula is C25H26Cl2N2S. The van der Waals surface area contributed by atoms with Gasteiger partial charge in [-0.1, -0.05) is 71.9 Å². The van der Waals surface area contributed by atoms with Crippen LogP contribution in [0.25, 0.3) is 6.08 Å². The second kappa shape index (κ2) is 11.3. The largest absolute Gasteiger partial charge is 0.372 e. The van der Waals surface area contributed by atoms with Crippen molar-refractivity contribution in [3.05, 3.63) is 95.6 Å². The predicted octanol–water partition coefficient (Wildman–Crippen LogP) is 6.94. The highest BCUT2D eigenvalue weighted by molar-refractivity contribution is 7.99. The van der Waals surface area contributed by atoms with Crippen molar-refractivity contribution in [3.8, 4) is 0 Å². The zero-order chi connectivity index (χ0) is 19.3. The van der Waals surface area contributed by atoms with E-state index < -0.39 is 0 Å². The highest BCUT2D eigenvalue weighted by Gasteiger charge is 2.13. The lowest BCUT2D eigenvalue weighted by molar-refractivity contribution is 0.897. The molecule has 0 bridgehead atoms. The van der Waals surface area contributed by atoms with Gasteiger partial charge in [-0.15, -0.1) is 24.8 Å². The number of hydrogen-bond acceptors (Lipinski definition) is 3. The Kier molecular flexibility index (Phi) is 9.04. The average molecular weight is 457 g/mol. The Hall–Kier alpha value is -2.20. The van der Waals surface area contributed by atoms with Gasteiger partial charge in [0.1, 0.15) is 0 Å². The molecule has 0 saturated heterocycles. The number of hydrogen-bond donors (Lipinski definition) is 0. The summed E-state index contributed by atoms with van der Waals surface area (Å²) in [7, 11) is 2.13. The number of anilines is 1. The summed E-state index contributed by atoms with van der Waals surface area (Å²) in [6, 6.07) is 25.7. The summed E-state index contributed by atoms with van der Waals surface area (Å²) in [4.78, 5) is 9.62. The fourth-order valence-corrected chi connectivity index (χ4v) is 4.23. The molecule has 156 valence electrons. The van der Waals surface area contributed by atoms with Crippen LogP contribution in [0.2, 0.25) is 0 Å². The minimum absolute atomic E-state index is 0. The number of fused-ring (bicyclic) bond motifs is 1. The summed E-state index contributed by atoms with van der Waals surface area (Å²) in [5.41, 5.74) is 5.99. The van der Waals surface area contributed by atoms with Crippen LogP contribution in [0.1, 0.15) is 16.7 Å². The number of allylic oxidation sites excluding steroid dienone is 1. The fourth-order valence-electron chi connectivity index (χ4n) is 3.30. The molecular weight excluding hydrogens is 431 g/mol. The van der Waals surface area contributed by atoms with E-state index >= 15 is 0 Å². The lowest BCUT2D eigenvalue weighted by Gasteiger charge is -2.18. The Balaban J connectivity index is 0.00000160. The minimum Gasteiger partial charge on any atom is -0.372 e. The Labute approximate surface area is 195 Å². The van der Waals surface area contributed by atoms with Crippen LogP contribution in [-0.4, -0.2) is 25.8 Å². The molecule has 0 unspecified atom stereocenters. The van der Waals surface area contributed by atoms with E-state index in [0.717, 1.165) is 18.8 Å². The van der Waals surface area contributed by atoms with E-state index in [1.807, 2.05) is 0 Å². The SMILES string of the molecule is Cc1ccc(Sc2ccccc2C=CC2=NCCN(C)c3ccccc32)cc1.Cl.Cl. The first-order valence-electron chi connectivity index (χ1n) is 9.57. The topological polar surface area (TPSA) is 15.6 Å². The Morgan fingerprint density at radius 2 is 1.57 bits per heavy atom. The second-order valence-electron chi connectivity index (χ2n) is 6.99. The molecule has 3 aromatic carbocycles. The number of benzene rings is 3. The van der Waals surface area contributed by atoms with Gasteiger partial charge >= 0.3 is 0 Å². The first-order valence-corrected chi connectivity index (χ1v) is 10.4. The second-order valence-corrected chi connectivity index (χ2v) is 8.11. The monoisotopic (exact) mass is 456 g/mol. The van der Waals surface area contributed by atoms with Gasteiger partial charge < -0.3 is 4.90 Å². The van der Waals surface area contributed by atoms with Gasteiger partial charge in [-0.05, 0) is 42.8 Å². The molecule has 5 heteroatoms. The van der Waals surface area contributed by atoms with Crippen LogP contribution < -0.4 is 4.90 Å². The summed E-state index contributed by atoms with van der Waals surface area (Å²) in [5, 5.41) is 0. The minimum atomic E-state index is 0. The third-order valence-electron chi connectivity index (χ3n) is 4.90. The van der Waals surface area contributed by atoms with E-state index in [-0.39, 0.29) is 24.8 Å². The maximum absolute atomic E-state index is 4.83. The van der Waals surface area contributed by atoms with Crippen LogP contribution in [0, 0.1) is 6.92 Å². The van der Waals surface area contributed by atoms with Crippen LogP contribution in [0.15, 0.2) is 93.7 Å². The molecule has 1 aliphatic heterocycles. The Morgan fingerprint density at radius 1 is 0.867 bits per heavy atom. The fraction of sp³-hybridized carbons (Fsp3) is 0.160. The number of benzodiazepines with no additional fused rings is 1. The van der Waals surface area contributed by atoms with Crippen LogP contribution >= 0.6 is 36.6 Å². The highest BCUT2D eigenvalue weighted by atomic mass is 35.5. The van der Waals surface area contributed by atoms with Crippen LogP contribution in [0.5, 0.6) is 0 Å². The van der Waals surface area contributed by atoms with Gasteiger partial charge in [0.2, 0.25) is 0 Å². The molecule has 30 heavy (non-hydrogen) atoms. The summed E-state index contributed by atoms with van der Waals surface area (Å²) >= 11 is 1.80. The summed E-state index contributed by atoms with van der Waals surface area (Å²) < 4.78 is 0. The van der Waals surface area contributed by atoms with Gasteiger partial charge in [0.05, 0.1) is 12.3 Å². The first kappa shape index (κ1) is 24.1.